The summed E-state index contributed by atoms with van der Waals surface area (Å²) in [5.74, 6) is -0.249. The van der Waals surface area contributed by atoms with Gasteiger partial charge >= 0.3 is 5.97 Å². The van der Waals surface area contributed by atoms with E-state index < -0.39 is 0 Å². The van der Waals surface area contributed by atoms with Crippen LogP contribution in [0.1, 0.15) is 70.5 Å². The number of ether oxygens (including phenoxy) is 1. The van der Waals surface area contributed by atoms with Gasteiger partial charge in [-0.3, -0.25) is 4.79 Å². The number of hydrogen-bond acceptors (Lipinski definition) is 3. The minimum absolute atomic E-state index is 0.207. The molecule has 0 saturated carbocycles. The Kier molecular flexibility index (Phi) is 6.60. The van der Waals surface area contributed by atoms with E-state index in [-0.39, 0.29) is 23.8 Å². The van der Waals surface area contributed by atoms with Crippen molar-refractivity contribution in [3.05, 3.63) is 52.6 Å². The molecule has 0 saturated heterocycles. The first kappa shape index (κ1) is 19.5. The Morgan fingerprint density at radius 1 is 1.36 bits per heavy atom. The van der Waals surface area contributed by atoms with Crippen LogP contribution in [-0.4, -0.2) is 12.6 Å². The largest absolute Gasteiger partial charge is 0.466 e. The summed E-state index contributed by atoms with van der Waals surface area (Å²) in [6, 6.07) is 7.76. The van der Waals surface area contributed by atoms with Gasteiger partial charge in [0.05, 0.1) is 13.0 Å². The topological polar surface area (TPSA) is 52.3 Å². The zero-order valence-corrected chi connectivity index (χ0v) is 16.0. The van der Waals surface area contributed by atoms with Crippen LogP contribution in [0.5, 0.6) is 0 Å². The first-order valence-corrected chi connectivity index (χ1v) is 9.23. The maximum atomic E-state index is 11.6. The van der Waals surface area contributed by atoms with Crippen LogP contribution in [-0.2, 0) is 9.53 Å². The van der Waals surface area contributed by atoms with Crippen molar-refractivity contribution in [3.8, 4) is 0 Å². The van der Waals surface area contributed by atoms with E-state index >= 15 is 0 Å². The quantitative estimate of drug-likeness (QED) is 0.725. The van der Waals surface area contributed by atoms with Crippen LogP contribution in [0.3, 0.4) is 0 Å². The number of benzene rings is 1. The third-order valence-corrected chi connectivity index (χ3v) is 5.02. The highest BCUT2D eigenvalue weighted by atomic mass is 16.5. The molecule has 136 valence electrons. The maximum absolute atomic E-state index is 11.6. The maximum Gasteiger partial charge on any atom is 0.307 e. The zero-order valence-electron chi connectivity index (χ0n) is 16.0. The van der Waals surface area contributed by atoms with Gasteiger partial charge in [-0.15, -0.1) is 0 Å². The summed E-state index contributed by atoms with van der Waals surface area (Å²) in [4.78, 5) is 11.6. The second-order valence-electron chi connectivity index (χ2n) is 7.55. The van der Waals surface area contributed by atoms with Crippen LogP contribution in [0.25, 0.3) is 6.08 Å². The van der Waals surface area contributed by atoms with E-state index in [2.05, 4.69) is 45.1 Å². The predicted molar refractivity (Wildman–Crippen MR) is 104 cm³/mol. The minimum atomic E-state index is -0.334. The molecule has 0 spiro atoms. The van der Waals surface area contributed by atoms with Crippen molar-refractivity contribution < 1.29 is 9.53 Å². The summed E-state index contributed by atoms with van der Waals surface area (Å²) in [7, 11) is 0. The van der Waals surface area contributed by atoms with E-state index in [1.165, 1.54) is 30.4 Å². The molecule has 0 aliphatic heterocycles. The molecule has 1 atom stereocenters. The lowest BCUT2D eigenvalue weighted by molar-refractivity contribution is -0.143. The summed E-state index contributed by atoms with van der Waals surface area (Å²) in [6.07, 6.45) is 8.31. The van der Waals surface area contributed by atoms with Crippen LogP contribution < -0.4 is 5.73 Å². The van der Waals surface area contributed by atoms with Gasteiger partial charge < -0.3 is 10.5 Å². The fourth-order valence-corrected chi connectivity index (χ4v) is 3.60. The summed E-state index contributed by atoms with van der Waals surface area (Å²) in [6.45, 7) is 9.07. The molecule has 1 aliphatic carbocycles. The van der Waals surface area contributed by atoms with Crippen molar-refractivity contribution in [2.75, 3.05) is 6.61 Å². The van der Waals surface area contributed by atoms with Crippen LogP contribution in [0, 0.1) is 5.41 Å². The molecule has 0 fully saturated rings. The molecule has 0 heterocycles. The van der Waals surface area contributed by atoms with Gasteiger partial charge in [-0.1, -0.05) is 55.8 Å². The number of nitrogens with two attached hydrogens (primary N) is 1. The lowest BCUT2D eigenvalue weighted by Crippen LogP contribution is -2.19. The van der Waals surface area contributed by atoms with Crippen molar-refractivity contribution in [2.24, 2.45) is 11.1 Å². The van der Waals surface area contributed by atoms with Gasteiger partial charge in [-0.25, -0.2) is 0 Å². The molecule has 0 bridgehead atoms. The Labute approximate surface area is 152 Å². The number of hydrogen-bond donors (Lipinski definition) is 1. The average Bonchev–Trinajstić information content (AvgIpc) is 2.54. The zero-order chi connectivity index (χ0) is 18.4. The van der Waals surface area contributed by atoms with Gasteiger partial charge in [0.2, 0.25) is 0 Å². The smallest absolute Gasteiger partial charge is 0.307 e. The van der Waals surface area contributed by atoms with Crippen LogP contribution >= 0.6 is 0 Å². The fraction of sp³-hybridized carbons (Fsp3) is 0.500. The van der Waals surface area contributed by atoms with E-state index in [0.29, 0.717) is 6.61 Å². The molecule has 0 aromatic heterocycles. The fourth-order valence-electron chi connectivity index (χ4n) is 3.60. The van der Waals surface area contributed by atoms with Crippen LogP contribution in [0.4, 0.5) is 0 Å². The molecule has 2 N–H and O–H groups in total. The third-order valence-electron chi connectivity index (χ3n) is 5.02. The Balaban J connectivity index is 2.15. The van der Waals surface area contributed by atoms with Crippen molar-refractivity contribution in [2.45, 2.75) is 59.4 Å². The highest BCUT2D eigenvalue weighted by Crippen LogP contribution is 2.40. The first-order valence-electron chi connectivity index (χ1n) is 9.23. The van der Waals surface area contributed by atoms with Crippen molar-refractivity contribution in [1.82, 2.24) is 0 Å². The lowest BCUT2D eigenvalue weighted by Gasteiger charge is -2.32. The Hall–Kier alpha value is -1.87. The molecule has 25 heavy (non-hydrogen) atoms. The second-order valence-corrected chi connectivity index (χ2v) is 7.55. The van der Waals surface area contributed by atoms with Gasteiger partial charge in [0, 0.05) is 6.04 Å². The Morgan fingerprint density at radius 3 is 2.80 bits per heavy atom. The summed E-state index contributed by atoms with van der Waals surface area (Å²) < 4.78 is 4.99. The number of esters is 1. The average molecular weight is 341 g/mol. The van der Waals surface area contributed by atoms with E-state index in [0.717, 1.165) is 11.1 Å². The van der Waals surface area contributed by atoms with Gasteiger partial charge in [0.15, 0.2) is 0 Å². The summed E-state index contributed by atoms with van der Waals surface area (Å²) in [5.41, 5.74) is 11.4. The van der Waals surface area contributed by atoms with Gasteiger partial charge in [0.25, 0.3) is 0 Å². The van der Waals surface area contributed by atoms with Gasteiger partial charge in [-0.2, -0.15) is 0 Å². The summed E-state index contributed by atoms with van der Waals surface area (Å²) in [5, 5.41) is 0. The van der Waals surface area contributed by atoms with Crippen LogP contribution in [0.2, 0.25) is 0 Å². The number of carbonyl (C=O) groups excluding carboxylic acids is 1. The van der Waals surface area contributed by atoms with Crippen molar-refractivity contribution >= 4 is 12.0 Å². The number of allylic oxidation sites excluding steroid dienone is 3. The van der Waals surface area contributed by atoms with E-state index in [9.17, 15) is 4.79 Å². The normalized spacial score (nSPS) is 18.4. The molecule has 0 radical (unpaired) electrons. The molecule has 3 nitrogen and oxygen atoms in total. The molecular weight excluding hydrogens is 310 g/mol. The van der Waals surface area contributed by atoms with E-state index in [1.54, 1.807) is 6.92 Å². The van der Waals surface area contributed by atoms with Crippen LogP contribution in [0.15, 0.2) is 41.5 Å². The SMILES string of the molecule is CCOC(=O)CC(N)c1cccc(/C=C/C2=C(C)CCCC2(C)C)c1. The summed E-state index contributed by atoms with van der Waals surface area (Å²) >= 11 is 0. The highest BCUT2D eigenvalue weighted by molar-refractivity contribution is 5.70. The van der Waals surface area contributed by atoms with Crippen molar-refractivity contribution in [1.29, 1.82) is 0 Å². The molecule has 2 rings (SSSR count). The Morgan fingerprint density at radius 2 is 2.12 bits per heavy atom. The molecule has 1 aromatic carbocycles. The third kappa shape index (κ3) is 5.30. The molecular formula is C22H31NO2. The molecule has 1 aliphatic rings. The minimum Gasteiger partial charge on any atom is -0.466 e. The van der Waals surface area contributed by atoms with Crippen molar-refractivity contribution in [3.63, 3.8) is 0 Å². The highest BCUT2D eigenvalue weighted by Gasteiger charge is 2.26. The van der Waals surface area contributed by atoms with E-state index in [1.807, 2.05) is 12.1 Å². The second kappa shape index (κ2) is 8.48. The standard InChI is InChI=1S/C22H31NO2/c1-5-25-21(24)15-20(23)18-10-6-9-17(14-18)11-12-19-16(2)8-7-13-22(19,3)4/h6,9-12,14,20H,5,7-8,13,15,23H2,1-4H3/b12-11+. The molecule has 3 heteroatoms. The number of rotatable bonds is 6. The molecule has 1 aromatic rings. The van der Waals surface area contributed by atoms with Gasteiger partial charge in [-0.05, 0) is 55.2 Å². The monoisotopic (exact) mass is 341 g/mol. The first-order chi connectivity index (χ1) is 11.8. The lowest BCUT2D eigenvalue weighted by atomic mass is 9.72. The molecule has 0 amide bonds. The predicted octanol–water partition coefficient (Wildman–Crippen LogP) is 5.18. The Bertz CT molecular complexity index is 670. The van der Waals surface area contributed by atoms with E-state index in [4.69, 9.17) is 10.5 Å². The number of carbonyl (C=O) groups is 1. The molecule has 1 unspecified atom stereocenters. The van der Waals surface area contributed by atoms with Gasteiger partial charge in [0.1, 0.15) is 0 Å².